The molecule has 104 valence electrons. The van der Waals surface area contributed by atoms with E-state index >= 15 is 0 Å². The third-order valence-corrected chi connectivity index (χ3v) is 3.94. The molecule has 1 aliphatic heterocycles. The van der Waals surface area contributed by atoms with Crippen LogP contribution in [0.1, 0.15) is 0 Å². The van der Waals surface area contributed by atoms with Gasteiger partial charge in [-0.2, -0.15) is 12.7 Å². The van der Waals surface area contributed by atoms with Gasteiger partial charge in [0.05, 0.1) is 18.1 Å². The third kappa shape index (κ3) is 3.40. The van der Waals surface area contributed by atoms with Crippen molar-refractivity contribution in [3.8, 4) is 5.75 Å². The van der Waals surface area contributed by atoms with Gasteiger partial charge < -0.3 is 8.92 Å². The molecule has 2 rings (SSSR count). The molecule has 0 bridgehead atoms. The second-order valence-corrected chi connectivity index (χ2v) is 5.34. The Balaban J connectivity index is 2.09. The van der Waals surface area contributed by atoms with Crippen molar-refractivity contribution in [1.29, 1.82) is 0 Å². The molecule has 1 aromatic carbocycles. The molecule has 19 heavy (non-hydrogen) atoms. The van der Waals surface area contributed by atoms with Gasteiger partial charge in [-0.15, -0.1) is 0 Å². The smallest absolute Gasteiger partial charge is 0.379 e. The van der Waals surface area contributed by atoms with E-state index in [2.05, 4.69) is 0 Å². The number of hydrogen-bond donors (Lipinski definition) is 0. The highest BCUT2D eigenvalue weighted by atomic mass is 32.2. The minimum absolute atomic E-state index is 0.0390. The number of hydrogen-bond acceptors (Lipinski definition) is 6. The lowest BCUT2D eigenvalue weighted by atomic mass is 10.3. The number of ether oxygens (including phenoxy) is 1. The quantitative estimate of drug-likeness (QED) is 0.592. The van der Waals surface area contributed by atoms with Gasteiger partial charge in [0, 0.05) is 25.2 Å². The van der Waals surface area contributed by atoms with E-state index in [0.717, 1.165) is 4.31 Å². The van der Waals surface area contributed by atoms with E-state index in [1.54, 1.807) is 0 Å². The van der Waals surface area contributed by atoms with Gasteiger partial charge >= 0.3 is 10.3 Å². The minimum atomic E-state index is -3.89. The Hall–Kier alpha value is -1.71. The zero-order valence-corrected chi connectivity index (χ0v) is 10.7. The first kappa shape index (κ1) is 13.7. The summed E-state index contributed by atoms with van der Waals surface area (Å²) in [5, 5.41) is 10.5. The van der Waals surface area contributed by atoms with Crippen LogP contribution in [-0.2, 0) is 15.0 Å². The second kappa shape index (κ2) is 5.51. The van der Waals surface area contributed by atoms with E-state index in [1.807, 2.05) is 0 Å². The molecule has 0 unspecified atom stereocenters. The molecule has 0 radical (unpaired) electrons. The van der Waals surface area contributed by atoms with Gasteiger partial charge in [0.15, 0.2) is 0 Å². The van der Waals surface area contributed by atoms with Crippen molar-refractivity contribution in [2.75, 3.05) is 26.3 Å². The van der Waals surface area contributed by atoms with Crippen molar-refractivity contribution in [2.24, 2.45) is 0 Å². The van der Waals surface area contributed by atoms with Crippen molar-refractivity contribution in [1.82, 2.24) is 4.31 Å². The third-order valence-electron chi connectivity index (χ3n) is 2.54. The number of non-ortho nitro benzene ring substituents is 1. The van der Waals surface area contributed by atoms with Crippen LogP contribution in [0.5, 0.6) is 5.75 Å². The molecule has 1 fully saturated rings. The summed E-state index contributed by atoms with van der Waals surface area (Å²) < 4.78 is 34.9. The fraction of sp³-hybridized carbons (Fsp3) is 0.400. The van der Waals surface area contributed by atoms with Crippen molar-refractivity contribution < 1.29 is 22.3 Å². The van der Waals surface area contributed by atoms with E-state index in [0.29, 0.717) is 13.2 Å². The van der Waals surface area contributed by atoms with Gasteiger partial charge in [0.25, 0.3) is 5.69 Å². The molecule has 0 amide bonds. The molecule has 9 heteroatoms. The highest BCUT2D eigenvalue weighted by Crippen LogP contribution is 2.20. The lowest BCUT2D eigenvalue weighted by Gasteiger charge is -2.25. The van der Waals surface area contributed by atoms with E-state index in [1.165, 1.54) is 24.3 Å². The molecule has 0 N–H and O–H groups in total. The van der Waals surface area contributed by atoms with E-state index in [9.17, 15) is 18.5 Å². The molecule has 0 aromatic heterocycles. The van der Waals surface area contributed by atoms with Crippen LogP contribution < -0.4 is 4.18 Å². The molecule has 1 aliphatic rings. The van der Waals surface area contributed by atoms with Crippen molar-refractivity contribution >= 4 is 16.0 Å². The fourth-order valence-corrected chi connectivity index (χ4v) is 2.62. The summed E-state index contributed by atoms with van der Waals surface area (Å²) in [7, 11) is -3.89. The zero-order chi connectivity index (χ0) is 13.9. The predicted molar refractivity (Wildman–Crippen MR) is 65.0 cm³/mol. The summed E-state index contributed by atoms with van der Waals surface area (Å²) in [4.78, 5) is 9.90. The van der Waals surface area contributed by atoms with Gasteiger partial charge in [-0.3, -0.25) is 10.1 Å². The van der Waals surface area contributed by atoms with Crippen LogP contribution in [-0.4, -0.2) is 43.9 Å². The number of rotatable bonds is 4. The van der Waals surface area contributed by atoms with Crippen molar-refractivity contribution in [3.05, 3.63) is 34.4 Å². The van der Waals surface area contributed by atoms with E-state index in [-0.39, 0.29) is 24.5 Å². The van der Waals surface area contributed by atoms with E-state index < -0.39 is 15.2 Å². The molecule has 1 aromatic rings. The van der Waals surface area contributed by atoms with Crippen molar-refractivity contribution in [2.45, 2.75) is 0 Å². The topological polar surface area (TPSA) is 99.0 Å². The molecular weight excluding hydrogens is 276 g/mol. The maximum absolute atomic E-state index is 11.9. The highest BCUT2D eigenvalue weighted by Gasteiger charge is 2.26. The molecule has 1 heterocycles. The lowest BCUT2D eigenvalue weighted by Crippen LogP contribution is -2.42. The number of benzene rings is 1. The molecule has 0 atom stereocenters. The summed E-state index contributed by atoms with van der Waals surface area (Å²) in [6, 6.07) is 4.86. The first-order chi connectivity index (χ1) is 8.99. The van der Waals surface area contributed by atoms with Crippen LogP contribution in [0.15, 0.2) is 24.3 Å². The number of nitro groups is 1. The van der Waals surface area contributed by atoms with Gasteiger partial charge in [0.2, 0.25) is 0 Å². The maximum atomic E-state index is 11.9. The average Bonchev–Trinajstić information content (AvgIpc) is 2.40. The number of nitro benzene ring substituents is 1. The van der Waals surface area contributed by atoms with Crippen LogP contribution in [0.25, 0.3) is 0 Å². The SMILES string of the molecule is O=[N+]([O-])c1ccc(OS(=O)(=O)N2CCOCC2)cc1. The molecule has 1 saturated heterocycles. The fourth-order valence-electron chi connectivity index (χ4n) is 1.57. The maximum Gasteiger partial charge on any atom is 0.385 e. The van der Waals surface area contributed by atoms with Crippen LogP contribution in [0.4, 0.5) is 5.69 Å². The molecule has 0 saturated carbocycles. The summed E-state index contributed by atoms with van der Waals surface area (Å²) in [6.07, 6.45) is 0. The Morgan fingerprint density at radius 1 is 1.21 bits per heavy atom. The monoisotopic (exact) mass is 288 g/mol. The minimum Gasteiger partial charge on any atom is -0.379 e. The van der Waals surface area contributed by atoms with Crippen LogP contribution in [0.2, 0.25) is 0 Å². The van der Waals surface area contributed by atoms with Crippen LogP contribution >= 0.6 is 0 Å². The standard InChI is InChI=1S/C10H12N2O6S/c13-12(14)9-1-3-10(4-2-9)18-19(15,16)11-5-7-17-8-6-11/h1-4H,5-8H2. The van der Waals surface area contributed by atoms with Gasteiger partial charge in [-0.05, 0) is 12.1 Å². The number of morpholine rings is 1. The Morgan fingerprint density at radius 2 is 1.79 bits per heavy atom. The molecule has 8 nitrogen and oxygen atoms in total. The van der Waals surface area contributed by atoms with Gasteiger partial charge in [-0.25, -0.2) is 0 Å². The predicted octanol–water partition coefficient (Wildman–Crippen LogP) is 0.551. The summed E-state index contributed by atoms with van der Waals surface area (Å²) in [5.74, 6) is 0.0390. The Labute approximate surface area is 109 Å². The first-order valence-electron chi connectivity index (χ1n) is 5.51. The summed E-state index contributed by atoms with van der Waals surface area (Å²) in [5.41, 5.74) is -0.129. The lowest BCUT2D eigenvalue weighted by molar-refractivity contribution is -0.384. The normalized spacial score (nSPS) is 17.1. The zero-order valence-electron chi connectivity index (χ0n) is 9.89. The Kier molecular flexibility index (Phi) is 3.98. The second-order valence-electron chi connectivity index (χ2n) is 3.80. The van der Waals surface area contributed by atoms with Crippen LogP contribution in [0.3, 0.4) is 0 Å². The Bertz CT molecular complexity index is 550. The van der Waals surface area contributed by atoms with Crippen molar-refractivity contribution in [3.63, 3.8) is 0 Å². The van der Waals surface area contributed by atoms with E-state index in [4.69, 9.17) is 8.92 Å². The Morgan fingerprint density at radius 3 is 2.32 bits per heavy atom. The van der Waals surface area contributed by atoms with Crippen LogP contribution in [0, 0.1) is 10.1 Å². The number of nitrogens with zero attached hydrogens (tertiary/aromatic N) is 2. The average molecular weight is 288 g/mol. The highest BCUT2D eigenvalue weighted by molar-refractivity contribution is 7.84. The summed E-state index contributed by atoms with van der Waals surface area (Å²) in [6.45, 7) is 1.11. The molecule has 0 aliphatic carbocycles. The largest absolute Gasteiger partial charge is 0.385 e. The van der Waals surface area contributed by atoms with Gasteiger partial charge in [0.1, 0.15) is 5.75 Å². The molecule has 0 spiro atoms. The summed E-state index contributed by atoms with van der Waals surface area (Å²) >= 11 is 0. The first-order valence-corrected chi connectivity index (χ1v) is 6.87. The van der Waals surface area contributed by atoms with Gasteiger partial charge in [-0.1, -0.05) is 0 Å². The molecular formula is C10H12N2O6S.